The Labute approximate surface area is 112 Å². The summed E-state index contributed by atoms with van der Waals surface area (Å²) < 4.78 is 7.31. The van der Waals surface area contributed by atoms with Gasteiger partial charge in [-0.25, -0.2) is 0 Å². The number of aromatic nitrogens is 5. The van der Waals surface area contributed by atoms with Gasteiger partial charge in [0.1, 0.15) is 5.69 Å². The van der Waals surface area contributed by atoms with Crippen LogP contribution in [0.2, 0.25) is 0 Å². The van der Waals surface area contributed by atoms with E-state index >= 15 is 0 Å². The van der Waals surface area contributed by atoms with Gasteiger partial charge in [-0.05, 0) is 19.4 Å². The largest absolute Gasteiger partial charge is 0.463 e. The van der Waals surface area contributed by atoms with Crippen molar-refractivity contribution in [3.63, 3.8) is 0 Å². The molecule has 2 aromatic heterocycles. The van der Waals surface area contributed by atoms with Crippen molar-refractivity contribution in [2.24, 2.45) is 0 Å². The molecule has 0 spiro atoms. The minimum absolute atomic E-state index is 0.333. The van der Waals surface area contributed by atoms with Crippen LogP contribution in [0.1, 0.15) is 20.3 Å². The van der Waals surface area contributed by atoms with E-state index < -0.39 is 0 Å². The standard InChI is InChI=1S/C12H18N6O/c1-4-8-19-12-16-10(15-11(13-3)17-12)9-6-7-14-18(9)5-2/h6-7H,4-5,8H2,1-3H3,(H,13,15,16,17). The molecule has 2 heterocycles. The lowest BCUT2D eigenvalue weighted by Gasteiger charge is -2.08. The van der Waals surface area contributed by atoms with Gasteiger partial charge in [0.05, 0.1) is 6.61 Å². The zero-order chi connectivity index (χ0) is 13.7. The van der Waals surface area contributed by atoms with Crippen molar-refractivity contribution in [2.45, 2.75) is 26.8 Å². The molecule has 0 aliphatic heterocycles. The molecule has 0 saturated heterocycles. The van der Waals surface area contributed by atoms with Gasteiger partial charge in [-0.15, -0.1) is 0 Å². The Hall–Kier alpha value is -2.18. The van der Waals surface area contributed by atoms with Gasteiger partial charge in [-0.1, -0.05) is 6.92 Å². The monoisotopic (exact) mass is 262 g/mol. The first-order valence-electron chi connectivity index (χ1n) is 6.37. The van der Waals surface area contributed by atoms with E-state index in [2.05, 4.69) is 25.4 Å². The van der Waals surface area contributed by atoms with E-state index in [1.807, 2.05) is 24.6 Å². The van der Waals surface area contributed by atoms with Crippen LogP contribution in [-0.2, 0) is 6.54 Å². The predicted octanol–water partition coefficient (Wildman–Crippen LogP) is 1.59. The predicted molar refractivity (Wildman–Crippen MR) is 72.1 cm³/mol. The molecule has 7 heteroatoms. The number of nitrogens with zero attached hydrogens (tertiary/aromatic N) is 5. The Bertz CT molecular complexity index is 539. The molecule has 0 amide bonds. The summed E-state index contributed by atoms with van der Waals surface area (Å²) in [6.45, 7) is 5.39. The van der Waals surface area contributed by atoms with Crippen molar-refractivity contribution in [1.29, 1.82) is 0 Å². The number of rotatable bonds is 6. The van der Waals surface area contributed by atoms with Crippen molar-refractivity contribution >= 4 is 5.95 Å². The summed E-state index contributed by atoms with van der Waals surface area (Å²) >= 11 is 0. The highest BCUT2D eigenvalue weighted by Gasteiger charge is 2.12. The Kier molecular flexibility index (Phi) is 4.27. The van der Waals surface area contributed by atoms with Gasteiger partial charge in [0.25, 0.3) is 0 Å². The van der Waals surface area contributed by atoms with E-state index in [0.29, 0.717) is 24.4 Å². The van der Waals surface area contributed by atoms with E-state index in [4.69, 9.17) is 4.74 Å². The third-order valence-electron chi connectivity index (χ3n) is 2.52. The van der Waals surface area contributed by atoms with Crippen molar-refractivity contribution in [1.82, 2.24) is 24.7 Å². The van der Waals surface area contributed by atoms with E-state index in [-0.39, 0.29) is 0 Å². The van der Waals surface area contributed by atoms with E-state index in [9.17, 15) is 0 Å². The number of aryl methyl sites for hydroxylation is 1. The second kappa shape index (κ2) is 6.12. The zero-order valence-electron chi connectivity index (χ0n) is 11.4. The Balaban J connectivity index is 2.38. The van der Waals surface area contributed by atoms with Crippen LogP contribution in [0, 0.1) is 0 Å². The Morgan fingerprint density at radius 2 is 2.11 bits per heavy atom. The molecule has 0 aliphatic rings. The minimum atomic E-state index is 0.333. The summed E-state index contributed by atoms with van der Waals surface area (Å²) in [7, 11) is 1.76. The first kappa shape index (κ1) is 13.3. The number of ether oxygens (including phenoxy) is 1. The molecule has 0 aliphatic carbocycles. The van der Waals surface area contributed by atoms with Gasteiger partial charge in [0, 0.05) is 19.8 Å². The minimum Gasteiger partial charge on any atom is -0.463 e. The molecular formula is C12H18N6O. The summed E-state index contributed by atoms with van der Waals surface area (Å²) in [5.74, 6) is 1.05. The Morgan fingerprint density at radius 1 is 1.26 bits per heavy atom. The Morgan fingerprint density at radius 3 is 2.79 bits per heavy atom. The lowest BCUT2D eigenvalue weighted by atomic mass is 10.4. The van der Waals surface area contributed by atoms with Crippen LogP contribution in [0.4, 0.5) is 5.95 Å². The molecule has 0 bridgehead atoms. The molecule has 2 aromatic rings. The van der Waals surface area contributed by atoms with Crippen LogP contribution < -0.4 is 10.1 Å². The normalized spacial score (nSPS) is 10.5. The summed E-state index contributed by atoms with van der Waals surface area (Å²) in [5, 5.41) is 7.13. The number of anilines is 1. The highest BCUT2D eigenvalue weighted by atomic mass is 16.5. The number of hydrogen-bond donors (Lipinski definition) is 1. The van der Waals surface area contributed by atoms with Crippen LogP contribution in [0.25, 0.3) is 11.5 Å². The summed E-state index contributed by atoms with van der Waals surface area (Å²) in [5.41, 5.74) is 0.850. The fraction of sp³-hybridized carbons (Fsp3) is 0.500. The van der Waals surface area contributed by atoms with E-state index in [0.717, 1.165) is 18.7 Å². The second-order valence-electron chi connectivity index (χ2n) is 3.90. The molecule has 7 nitrogen and oxygen atoms in total. The molecule has 2 rings (SSSR count). The van der Waals surface area contributed by atoms with Crippen LogP contribution in [0.3, 0.4) is 0 Å². The van der Waals surface area contributed by atoms with Crippen molar-refractivity contribution in [3.05, 3.63) is 12.3 Å². The van der Waals surface area contributed by atoms with Crippen molar-refractivity contribution in [2.75, 3.05) is 19.0 Å². The molecule has 102 valence electrons. The third-order valence-corrected chi connectivity index (χ3v) is 2.52. The molecule has 0 atom stereocenters. The van der Waals surface area contributed by atoms with Gasteiger partial charge in [-0.3, -0.25) is 4.68 Å². The molecule has 0 fully saturated rings. The number of hydrogen-bond acceptors (Lipinski definition) is 6. The lowest BCUT2D eigenvalue weighted by molar-refractivity contribution is 0.292. The SMILES string of the molecule is CCCOc1nc(NC)nc(-c2ccnn2CC)n1. The van der Waals surface area contributed by atoms with Crippen LogP contribution in [0.15, 0.2) is 12.3 Å². The van der Waals surface area contributed by atoms with E-state index in [1.165, 1.54) is 0 Å². The quantitative estimate of drug-likeness (QED) is 0.851. The second-order valence-corrected chi connectivity index (χ2v) is 3.90. The molecular weight excluding hydrogens is 244 g/mol. The van der Waals surface area contributed by atoms with Crippen molar-refractivity contribution < 1.29 is 4.74 Å². The highest BCUT2D eigenvalue weighted by Crippen LogP contribution is 2.18. The van der Waals surface area contributed by atoms with Gasteiger partial charge >= 0.3 is 6.01 Å². The van der Waals surface area contributed by atoms with Gasteiger partial charge in [-0.2, -0.15) is 20.1 Å². The molecule has 0 aromatic carbocycles. The molecule has 19 heavy (non-hydrogen) atoms. The highest BCUT2D eigenvalue weighted by molar-refractivity contribution is 5.51. The van der Waals surface area contributed by atoms with Crippen LogP contribution in [0.5, 0.6) is 6.01 Å². The van der Waals surface area contributed by atoms with Gasteiger partial charge in [0.2, 0.25) is 5.95 Å². The smallest absolute Gasteiger partial charge is 0.321 e. The van der Waals surface area contributed by atoms with E-state index in [1.54, 1.807) is 13.2 Å². The molecule has 1 N–H and O–H groups in total. The first-order chi connectivity index (χ1) is 9.28. The zero-order valence-corrected chi connectivity index (χ0v) is 11.4. The average molecular weight is 262 g/mol. The fourth-order valence-corrected chi connectivity index (χ4v) is 1.62. The van der Waals surface area contributed by atoms with Gasteiger partial charge in [0.15, 0.2) is 5.82 Å². The maximum absolute atomic E-state index is 5.48. The summed E-state index contributed by atoms with van der Waals surface area (Å²) in [6, 6.07) is 2.21. The van der Waals surface area contributed by atoms with Gasteiger partial charge < -0.3 is 10.1 Å². The summed E-state index contributed by atoms with van der Waals surface area (Å²) in [4.78, 5) is 12.8. The van der Waals surface area contributed by atoms with Crippen molar-refractivity contribution in [3.8, 4) is 17.5 Å². The maximum Gasteiger partial charge on any atom is 0.321 e. The lowest BCUT2D eigenvalue weighted by Crippen LogP contribution is -2.08. The molecule has 0 saturated carbocycles. The average Bonchev–Trinajstić information content (AvgIpc) is 2.93. The fourth-order valence-electron chi connectivity index (χ4n) is 1.62. The third kappa shape index (κ3) is 2.98. The topological polar surface area (TPSA) is 77.8 Å². The van der Waals surface area contributed by atoms with Crippen LogP contribution in [-0.4, -0.2) is 38.4 Å². The summed E-state index contributed by atoms with van der Waals surface area (Å²) in [6.07, 6.45) is 2.64. The maximum atomic E-state index is 5.48. The number of nitrogens with one attached hydrogen (secondary N) is 1. The van der Waals surface area contributed by atoms with Crippen LogP contribution >= 0.6 is 0 Å². The molecule has 0 radical (unpaired) electrons. The first-order valence-corrected chi connectivity index (χ1v) is 6.37. The molecule has 0 unspecified atom stereocenters.